The van der Waals surface area contributed by atoms with Crippen LogP contribution in [0, 0.1) is 11.6 Å². The summed E-state index contributed by atoms with van der Waals surface area (Å²) in [5.74, 6) is -2.36. The van der Waals surface area contributed by atoms with Crippen molar-refractivity contribution in [2.45, 2.75) is 32.1 Å². The third-order valence-electron chi connectivity index (χ3n) is 2.96. The summed E-state index contributed by atoms with van der Waals surface area (Å²) in [6, 6.07) is 3.41. The fourth-order valence-corrected chi connectivity index (χ4v) is 1.80. The van der Waals surface area contributed by atoms with E-state index < -0.39 is 11.6 Å². The van der Waals surface area contributed by atoms with Crippen LogP contribution in [0.2, 0.25) is 0 Å². The number of ether oxygens (including phenoxy) is 1. The Morgan fingerprint density at radius 1 is 1.14 bits per heavy atom. The van der Waals surface area contributed by atoms with Gasteiger partial charge in [-0.25, -0.2) is 8.78 Å². The summed E-state index contributed by atoms with van der Waals surface area (Å²) in [6.45, 7) is 0.490. The number of hydrogen-bond donors (Lipinski definition) is 1. The normalized spacial score (nSPS) is 10.2. The largest absolute Gasteiger partial charge is 0.469 e. The summed E-state index contributed by atoms with van der Waals surface area (Å²) >= 11 is 0. The topological polar surface area (TPSA) is 55.4 Å². The second kappa shape index (κ2) is 9.05. The van der Waals surface area contributed by atoms with Gasteiger partial charge in [0, 0.05) is 13.0 Å². The van der Waals surface area contributed by atoms with Gasteiger partial charge in [0.25, 0.3) is 0 Å². The fraction of sp³-hybridized carbons (Fsp3) is 0.467. The van der Waals surface area contributed by atoms with Crippen molar-refractivity contribution in [3.63, 3.8) is 0 Å². The molecule has 21 heavy (non-hydrogen) atoms. The summed E-state index contributed by atoms with van der Waals surface area (Å²) in [6.07, 6.45) is 2.66. The number of halogens is 2. The highest BCUT2D eigenvalue weighted by atomic mass is 19.2. The SMILES string of the molecule is COC(=O)CCCCCNC(=O)Cc1ccc(F)c(F)c1. The third-order valence-corrected chi connectivity index (χ3v) is 2.96. The first-order chi connectivity index (χ1) is 10.0. The summed E-state index contributed by atoms with van der Waals surface area (Å²) in [5, 5.41) is 2.70. The van der Waals surface area contributed by atoms with Crippen molar-refractivity contribution < 1.29 is 23.1 Å². The monoisotopic (exact) mass is 299 g/mol. The molecule has 1 rings (SSSR count). The molecule has 0 bridgehead atoms. The molecule has 0 radical (unpaired) electrons. The van der Waals surface area contributed by atoms with E-state index in [1.54, 1.807) is 0 Å². The van der Waals surface area contributed by atoms with Crippen LogP contribution in [-0.4, -0.2) is 25.5 Å². The van der Waals surface area contributed by atoms with Gasteiger partial charge in [0.15, 0.2) is 11.6 Å². The number of carbonyl (C=O) groups excluding carboxylic acids is 2. The Bertz CT molecular complexity index is 492. The highest BCUT2D eigenvalue weighted by molar-refractivity contribution is 5.78. The quantitative estimate of drug-likeness (QED) is 0.592. The summed E-state index contributed by atoms with van der Waals surface area (Å²) in [4.78, 5) is 22.5. The van der Waals surface area contributed by atoms with Crippen molar-refractivity contribution in [2.24, 2.45) is 0 Å². The Morgan fingerprint density at radius 3 is 2.57 bits per heavy atom. The first-order valence-corrected chi connectivity index (χ1v) is 6.80. The molecule has 116 valence electrons. The molecule has 0 aliphatic heterocycles. The van der Waals surface area contributed by atoms with Crippen LogP contribution in [0.5, 0.6) is 0 Å². The Balaban J connectivity index is 2.16. The highest BCUT2D eigenvalue weighted by Gasteiger charge is 2.07. The molecule has 1 aromatic rings. The van der Waals surface area contributed by atoms with Crippen LogP contribution in [0.25, 0.3) is 0 Å². The first kappa shape index (κ1) is 17.1. The van der Waals surface area contributed by atoms with Crippen LogP contribution in [0.15, 0.2) is 18.2 Å². The van der Waals surface area contributed by atoms with E-state index in [1.165, 1.54) is 13.2 Å². The summed E-state index contributed by atoms with van der Waals surface area (Å²) in [7, 11) is 1.35. The van der Waals surface area contributed by atoms with Gasteiger partial charge >= 0.3 is 5.97 Å². The van der Waals surface area contributed by atoms with Crippen LogP contribution >= 0.6 is 0 Å². The molecule has 0 spiro atoms. The minimum atomic E-state index is -0.955. The summed E-state index contributed by atoms with van der Waals surface area (Å²) < 4.78 is 30.2. The number of carbonyl (C=O) groups is 2. The van der Waals surface area contributed by atoms with E-state index in [4.69, 9.17) is 0 Å². The van der Waals surface area contributed by atoms with E-state index in [0.717, 1.165) is 25.0 Å². The molecule has 0 aliphatic carbocycles. The maximum Gasteiger partial charge on any atom is 0.305 e. The van der Waals surface area contributed by atoms with Crippen molar-refractivity contribution in [3.8, 4) is 0 Å². The zero-order valence-corrected chi connectivity index (χ0v) is 12.0. The van der Waals surface area contributed by atoms with E-state index >= 15 is 0 Å². The zero-order valence-electron chi connectivity index (χ0n) is 12.0. The molecule has 1 amide bonds. The molecular weight excluding hydrogens is 280 g/mol. The van der Waals surface area contributed by atoms with Gasteiger partial charge in [-0.3, -0.25) is 9.59 Å². The van der Waals surface area contributed by atoms with E-state index in [0.29, 0.717) is 24.9 Å². The molecule has 0 saturated heterocycles. The van der Waals surface area contributed by atoms with Crippen molar-refractivity contribution >= 4 is 11.9 Å². The van der Waals surface area contributed by atoms with Gasteiger partial charge in [-0.2, -0.15) is 0 Å². The Morgan fingerprint density at radius 2 is 1.90 bits per heavy atom. The van der Waals surface area contributed by atoms with Crippen molar-refractivity contribution in [2.75, 3.05) is 13.7 Å². The lowest BCUT2D eigenvalue weighted by Crippen LogP contribution is -2.26. The Labute approximate surface area is 122 Å². The number of esters is 1. The highest BCUT2D eigenvalue weighted by Crippen LogP contribution is 2.09. The lowest BCUT2D eigenvalue weighted by Gasteiger charge is -2.05. The number of unbranched alkanes of at least 4 members (excludes halogenated alkanes) is 2. The third kappa shape index (κ3) is 6.83. The second-order valence-electron chi connectivity index (χ2n) is 4.66. The molecule has 0 saturated carbocycles. The minimum Gasteiger partial charge on any atom is -0.469 e. The van der Waals surface area contributed by atoms with E-state index in [2.05, 4.69) is 10.1 Å². The van der Waals surface area contributed by atoms with Gasteiger partial charge in [-0.05, 0) is 30.5 Å². The molecule has 0 fully saturated rings. The molecule has 0 unspecified atom stereocenters. The number of amides is 1. The van der Waals surface area contributed by atoms with Crippen LogP contribution in [0.3, 0.4) is 0 Å². The average molecular weight is 299 g/mol. The maximum absolute atomic E-state index is 13.0. The van der Waals surface area contributed by atoms with Crippen LogP contribution < -0.4 is 5.32 Å². The van der Waals surface area contributed by atoms with Crippen molar-refractivity contribution in [1.82, 2.24) is 5.32 Å². The number of benzene rings is 1. The maximum atomic E-state index is 13.0. The number of hydrogen-bond acceptors (Lipinski definition) is 3. The van der Waals surface area contributed by atoms with Crippen molar-refractivity contribution in [3.05, 3.63) is 35.4 Å². The van der Waals surface area contributed by atoms with Gasteiger partial charge in [-0.15, -0.1) is 0 Å². The fourth-order valence-electron chi connectivity index (χ4n) is 1.80. The second-order valence-corrected chi connectivity index (χ2v) is 4.66. The number of rotatable bonds is 8. The van der Waals surface area contributed by atoms with Crippen LogP contribution in [0.4, 0.5) is 8.78 Å². The Hall–Kier alpha value is -1.98. The minimum absolute atomic E-state index is 0.0133. The van der Waals surface area contributed by atoms with Gasteiger partial charge in [0.05, 0.1) is 13.5 Å². The molecule has 4 nitrogen and oxygen atoms in total. The van der Waals surface area contributed by atoms with E-state index in [9.17, 15) is 18.4 Å². The van der Waals surface area contributed by atoms with Crippen LogP contribution in [-0.2, 0) is 20.7 Å². The summed E-state index contributed by atoms with van der Waals surface area (Å²) in [5.41, 5.74) is 0.428. The van der Waals surface area contributed by atoms with Gasteiger partial charge in [-0.1, -0.05) is 12.5 Å². The predicted octanol–water partition coefficient (Wildman–Crippen LogP) is 2.36. The smallest absolute Gasteiger partial charge is 0.305 e. The molecule has 6 heteroatoms. The molecular formula is C15H19F2NO3. The standard InChI is InChI=1S/C15H19F2NO3/c1-21-15(20)5-3-2-4-8-18-14(19)10-11-6-7-12(16)13(17)9-11/h6-7,9H,2-5,8,10H2,1H3,(H,18,19). The van der Waals surface area contributed by atoms with Crippen molar-refractivity contribution in [1.29, 1.82) is 0 Å². The molecule has 0 aliphatic rings. The number of methoxy groups -OCH3 is 1. The molecule has 0 aromatic heterocycles. The molecule has 0 atom stereocenters. The van der Waals surface area contributed by atoms with Crippen LogP contribution in [0.1, 0.15) is 31.2 Å². The van der Waals surface area contributed by atoms with Gasteiger partial charge in [0.1, 0.15) is 0 Å². The molecule has 0 heterocycles. The lowest BCUT2D eigenvalue weighted by atomic mass is 10.1. The first-order valence-electron chi connectivity index (χ1n) is 6.80. The average Bonchev–Trinajstić information content (AvgIpc) is 2.46. The molecule has 1 N–H and O–H groups in total. The molecule has 1 aromatic carbocycles. The lowest BCUT2D eigenvalue weighted by molar-refractivity contribution is -0.140. The predicted molar refractivity (Wildman–Crippen MR) is 73.6 cm³/mol. The van der Waals surface area contributed by atoms with Gasteiger partial charge in [0.2, 0.25) is 5.91 Å². The van der Waals surface area contributed by atoms with E-state index in [1.807, 2.05) is 0 Å². The number of nitrogens with one attached hydrogen (secondary N) is 1. The zero-order chi connectivity index (χ0) is 15.7. The van der Waals surface area contributed by atoms with Gasteiger partial charge < -0.3 is 10.1 Å². The van der Waals surface area contributed by atoms with E-state index in [-0.39, 0.29) is 18.3 Å². The Kier molecular flexibility index (Phi) is 7.36.